The number of benzene rings is 2. The molecule has 2 aromatic rings. The van der Waals surface area contributed by atoms with E-state index in [0.29, 0.717) is 12.0 Å². The summed E-state index contributed by atoms with van der Waals surface area (Å²) in [4.78, 5) is 26.7. The normalized spacial score (nSPS) is 17.6. The number of amides is 1. The van der Waals surface area contributed by atoms with Crippen LogP contribution in [0.1, 0.15) is 41.6 Å². The average Bonchev–Trinajstić information content (AvgIpc) is 3.05. The number of nitrogens with one attached hydrogen (secondary N) is 1. The molecule has 2 aliphatic heterocycles. The quantitative estimate of drug-likeness (QED) is 0.858. The van der Waals surface area contributed by atoms with Crippen LogP contribution in [0.25, 0.3) is 0 Å². The van der Waals surface area contributed by atoms with Crippen molar-refractivity contribution in [3.63, 3.8) is 0 Å². The maximum atomic E-state index is 12.5. The van der Waals surface area contributed by atoms with E-state index < -0.39 is 0 Å². The summed E-state index contributed by atoms with van der Waals surface area (Å²) >= 11 is 0. The van der Waals surface area contributed by atoms with Crippen LogP contribution < -0.4 is 5.32 Å². The van der Waals surface area contributed by atoms with E-state index in [4.69, 9.17) is 0 Å². The van der Waals surface area contributed by atoms with Gasteiger partial charge in [-0.05, 0) is 24.5 Å². The van der Waals surface area contributed by atoms with Crippen LogP contribution in [0.15, 0.2) is 54.6 Å². The van der Waals surface area contributed by atoms with E-state index >= 15 is 0 Å². The van der Waals surface area contributed by atoms with Gasteiger partial charge >= 0.3 is 0 Å². The number of carbonyl (C=O) groups excluding carboxylic acids is 2. The van der Waals surface area contributed by atoms with E-state index in [-0.39, 0.29) is 23.5 Å². The van der Waals surface area contributed by atoms with Crippen molar-refractivity contribution in [2.24, 2.45) is 0 Å². The summed E-state index contributed by atoms with van der Waals surface area (Å²) in [6.07, 6.45) is 2.55. The van der Waals surface area contributed by atoms with Gasteiger partial charge in [-0.2, -0.15) is 0 Å². The van der Waals surface area contributed by atoms with Crippen LogP contribution in [-0.2, 0) is 10.2 Å². The Morgan fingerprint density at radius 3 is 2.38 bits per heavy atom. The van der Waals surface area contributed by atoms with Crippen molar-refractivity contribution in [1.29, 1.82) is 0 Å². The van der Waals surface area contributed by atoms with E-state index in [1.165, 1.54) is 11.3 Å². The SMILES string of the molecule is O=C(CCC(=O)N1CCC2(CC1)CNc1ccccc12)c1ccccc1. The van der Waals surface area contributed by atoms with Crippen LogP contribution in [0, 0.1) is 0 Å². The van der Waals surface area contributed by atoms with Gasteiger partial charge in [-0.25, -0.2) is 0 Å². The molecule has 1 fully saturated rings. The van der Waals surface area contributed by atoms with Crippen molar-refractivity contribution in [1.82, 2.24) is 4.90 Å². The highest BCUT2D eigenvalue weighted by Gasteiger charge is 2.41. The van der Waals surface area contributed by atoms with E-state index in [0.717, 1.165) is 32.5 Å². The Morgan fingerprint density at radius 1 is 0.923 bits per heavy atom. The molecule has 4 rings (SSSR count). The van der Waals surface area contributed by atoms with E-state index in [9.17, 15) is 9.59 Å². The van der Waals surface area contributed by atoms with Crippen molar-refractivity contribution in [3.05, 3.63) is 65.7 Å². The number of hydrogen-bond donors (Lipinski definition) is 1. The van der Waals surface area contributed by atoms with E-state index in [2.05, 4.69) is 29.6 Å². The van der Waals surface area contributed by atoms with Crippen LogP contribution in [0.5, 0.6) is 0 Å². The van der Waals surface area contributed by atoms with E-state index in [1.54, 1.807) is 0 Å². The molecule has 2 aliphatic rings. The fourth-order valence-corrected chi connectivity index (χ4v) is 4.24. The summed E-state index contributed by atoms with van der Waals surface area (Å²) in [7, 11) is 0. The number of para-hydroxylation sites is 1. The predicted molar refractivity (Wildman–Crippen MR) is 102 cm³/mol. The summed E-state index contributed by atoms with van der Waals surface area (Å²) in [6, 6.07) is 17.7. The number of Topliss-reactive ketones (excluding diaryl/α,β-unsaturated/α-hetero) is 1. The molecule has 0 bridgehead atoms. The summed E-state index contributed by atoms with van der Waals surface area (Å²) in [5.74, 6) is 0.143. The first-order valence-electron chi connectivity index (χ1n) is 9.37. The fraction of sp³-hybridized carbons (Fsp3) is 0.364. The standard InChI is InChI=1S/C22H24N2O2/c25-20(17-6-2-1-3-7-17)10-11-21(26)24-14-12-22(13-15-24)16-23-19-9-5-4-8-18(19)22/h1-9,23H,10-16H2. The maximum Gasteiger partial charge on any atom is 0.223 e. The molecule has 0 unspecified atom stereocenters. The lowest BCUT2D eigenvalue weighted by atomic mass is 9.74. The lowest BCUT2D eigenvalue weighted by Crippen LogP contribution is -2.46. The number of piperidine rings is 1. The van der Waals surface area contributed by atoms with E-state index in [1.807, 2.05) is 35.2 Å². The Morgan fingerprint density at radius 2 is 1.62 bits per heavy atom. The van der Waals surface area contributed by atoms with Crippen LogP contribution in [0.4, 0.5) is 5.69 Å². The minimum Gasteiger partial charge on any atom is -0.384 e. The number of likely N-dealkylation sites (tertiary alicyclic amines) is 1. The second-order valence-corrected chi connectivity index (χ2v) is 7.35. The van der Waals surface area contributed by atoms with Crippen LogP contribution in [-0.4, -0.2) is 36.2 Å². The Labute approximate surface area is 154 Å². The highest BCUT2D eigenvalue weighted by atomic mass is 16.2. The Hall–Kier alpha value is -2.62. The molecule has 1 spiro atoms. The molecule has 1 amide bonds. The average molecular weight is 348 g/mol. The largest absolute Gasteiger partial charge is 0.384 e. The first kappa shape index (κ1) is 16.8. The smallest absolute Gasteiger partial charge is 0.223 e. The molecule has 0 atom stereocenters. The van der Waals surface area contributed by atoms with Gasteiger partial charge in [-0.1, -0.05) is 48.5 Å². The van der Waals surface area contributed by atoms with Gasteiger partial charge in [0.2, 0.25) is 5.91 Å². The zero-order valence-corrected chi connectivity index (χ0v) is 14.9. The zero-order valence-electron chi connectivity index (χ0n) is 14.9. The van der Waals surface area contributed by atoms with Gasteiger partial charge in [0.1, 0.15) is 0 Å². The van der Waals surface area contributed by atoms with Gasteiger partial charge in [-0.15, -0.1) is 0 Å². The predicted octanol–water partition coefficient (Wildman–Crippen LogP) is 3.64. The summed E-state index contributed by atoms with van der Waals surface area (Å²) in [6.45, 7) is 2.50. The van der Waals surface area contributed by atoms with Crippen LogP contribution >= 0.6 is 0 Å². The Kier molecular flexibility index (Phi) is 4.49. The molecule has 0 aromatic heterocycles. The number of anilines is 1. The maximum absolute atomic E-state index is 12.5. The molecule has 4 heteroatoms. The molecule has 1 saturated heterocycles. The summed E-state index contributed by atoms with van der Waals surface area (Å²) in [5.41, 5.74) is 3.48. The van der Waals surface area contributed by atoms with Gasteiger partial charge in [0.25, 0.3) is 0 Å². The second-order valence-electron chi connectivity index (χ2n) is 7.35. The zero-order chi connectivity index (χ0) is 18.0. The third-order valence-corrected chi connectivity index (χ3v) is 5.85. The van der Waals surface area contributed by atoms with Crippen molar-refractivity contribution in [2.75, 3.05) is 25.0 Å². The topological polar surface area (TPSA) is 49.4 Å². The summed E-state index contributed by atoms with van der Waals surface area (Å²) < 4.78 is 0. The molecule has 0 aliphatic carbocycles. The number of ketones is 1. The molecular weight excluding hydrogens is 324 g/mol. The van der Waals surface area contributed by atoms with Crippen molar-refractivity contribution < 1.29 is 9.59 Å². The van der Waals surface area contributed by atoms with Gasteiger partial charge in [0.15, 0.2) is 5.78 Å². The number of hydrogen-bond acceptors (Lipinski definition) is 3. The highest BCUT2D eigenvalue weighted by Crippen LogP contribution is 2.43. The third kappa shape index (κ3) is 3.12. The van der Waals surface area contributed by atoms with Crippen molar-refractivity contribution in [3.8, 4) is 0 Å². The van der Waals surface area contributed by atoms with Gasteiger partial charge in [0.05, 0.1) is 0 Å². The Bertz CT molecular complexity index is 808. The lowest BCUT2D eigenvalue weighted by Gasteiger charge is -2.39. The molecule has 26 heavy (non-hydrogen) atoms. The fourth-order valence-electron chi connectivity index (χ4n) is 4.24. The third-order valence-electron chi connectivity index (χ3n) is 5.85. The van der Waals surface area contributed by atoms with Gasteiger partial charge in [0, 0.05) is 49.1 Å². The second kappa shape index (κ2) is 6.94. The molecule has 2 aromatic carbocycles. The minimum absolute atomic E-state index is 0.0429. The monoisotopic (exact) mass is 348 g/mol. The molecule has 0 radical (unpaired) electrons. The van der Waals surface area contributed by atoms with Crippen molar-refractivity contribution >= 4 is 17.4 Å². The molecular formula is C22H24N2O2. The number of nitrogens with zero attached hydrogens (tertiary/aromatic N) is 1. The molecule has 0 saturated carbocycles. The molecule has 134 valence electrons. The lowest BCUT2D eigenvalue weighted by molar-refractivity contribution is -0.132. The molecule has 2 heterocycles. The van der Waals surface area contributed by atoms with Crippen molar-refractivity contribution in [2.45, 2.75) is 31.1 Å². The first-order chi connectivity index (χ1) is 12.7. The van der Waals surface area contributed by atoms with Crippen LogP contribution in [0.2, 0.25) is 0 Å². The molecule has 1 N–H and O–H groups in total. The number of fused-ring (bicyclic) bond motifs is 2. The summed E-state index contributed by atoms with van der Waals surface area (Å²) in [5, 5.41) is 3.51. The van der Waals surface area contributed by atoms with Gasteiger partial charge < -0.3 is 10.2 Å². The van der Waals surface area contributed by atoms with Gasteiger partial charge in [-0.3, -0.25) is 9.59 Å². The first-order valence-corrected chi connectivity index (χ1v) is 9.37. The molecule has 4 nitrogen and oxygen atoms in total. The highest BCUT2D eigenvalue weighted by molar-refractivity contribution is 5.97. The number of rotatable bonds is 4. The Balaban J connectivity index is 1.32. The minimum atomic E-state index is 0.0429. The van der Waals surface area contributed by atoms with Crippen LogP contribution in [0.3, 0.4) is 0 Å². The number of carbonyl (C=O) groups is 2.